The monoisotopic (exact) mass is 467 g/mol. The zero-order valence-corrected chi connectivity index (χ0v) is 18.4. The predicted molar refractivity (Wildman–Crippen MR) is 113 cm³/mol. The molecule has 0 aliphatic carbocycles. The topological polar surface area (TPSA) is 99.2 Å². The number of carbonyl (C=O) groups is 2. The molecule has 166 valence electrons. The van der Waals surface area contributed by atoms with Crippen LogP contribution in [0.1, 0.15) is 27.6 Å². The van der Waals surface area contributed by atoms with E-state index < -0.39 is 16.0 Å². The molecule has 1 heterocycles. The van der Waals surface area contributed by atoms with E-state index in [9.17, 15) is 18.0 Å². The highest BCUT2D eigenvalue weighted by atomic mass is 35.5. The number of benzene rings is 2. The first-order valence-corrected chi connectivity index (χ1v) is 11.4. The number of sulfonamides is 1. The van der Waals surface area contributed by atoms with Crippen LogP contribution < -0.4 is 4.74 Å². The summed E-state index contributed by atoms with van der Waals surface area (Å²) in [7, 11) is -3.78. The first-order valence-electron chi connectivity index (χ1n) is 9.58. The lowest BCUT2D eigenvalue weighted by atomic mass is 10.1. The minimum Gasteiger partial charge on any atom is -0.489 e. The number of morpholine rings is 1. The zero-order chi connectivity index (χ0) is 22.4. The summed E-state index contributed by atoms with van der Waals surface area (Å²) in [6.07, 6.45) is 0. The second-order valence-corrected chi connectivity index (χ2v) is 9.04. The number of Topliss-reactive ketones (excluding diaryl/α,β-unsaturated/α-hetero) is 1. The van der Waals surface area contributed by atoms with Gasteiger partial charge in [0, 0.05) is 13.1 Å². The Labute approximate surface area is 185 Å². The summed E-state index contributed by atoms with van der Waals surface area (Å²) in [5, 5.41) is 0.0776. The number of hydrogen-bond donors (Lipinski definition) is 0. The summed E-state index contributed by atoms with van der Waals surface area (Å²) >= 11 is 6.09. The van der Waals surface area contributed by atoms with E-state index in [1.807, 2.05) is 0 Å². The molecule has 0 radical (unpaired) electrons. The summed E-state index contributed by atoms with van der Waals surface area (Å²) in [6, 6.07) is 10.7. The number of carbonyl (C=O) groups excluding carboxylic acids is 2. The third kappa shape index (κ3) is 5.62. The van der Waals surface area contributed by atoms with Crippen molar-refractivity contribution >= 4 is 33.4 Å². The Morgan fingerprint density at radius 2 is 1.77 bits per heavy atom. The summed E-state index contributed by atoms with van der Waals surface area (Å²) in [5.41, 5.74) is 0.373. The van der Waals surface area contributed by atoms with Crippen molar-refractivity contribution in [2.24, 2.45) is 0 Å². The van der Waals surface area contributed by atoms with Crippen molar-refractivity contribution in [2.45, 2.75) is 11.8 Å². The molecule has 1 aliphatic rings. The van der Waals surface area contributed by atoms with Crippen LogP contribution in [0.2, 0.25) is 5.02 Å². The summed E-state index contributed by atoms with van der Waals surface area (Å²) in [5.74, 6) is -0.521. The number of ketones is 1. The van der Waals surface area contributed by atoms with Gasteiger partial charge in [0.25, 0.3) is 0 Å². The van der Waals surface area contributed by atoms with Gasteiger partial charge in [0.05, 0.1) is 34.3 Å². The van der Waals surface area contributed by atoms with Crippen molar-refractivity contribution in [3.63, 3.8) is 0 Å². The van der Waals surface area contributed by atoms with Gasteiger partial charge in [-0.25, -0.2) is 13.2 Å². The predicted octanol–water partition coefficient (Wildman–Crippen LogP) is 2.80. The van der Waals surface area contributed by atoms with Crippen LogP contribution in [-0.4, -0.2) is 64.0 Å². The molecule has 31 heavy (non-hydrogen) atoms. The Kier molecular flexibility index (Phi) is 7.66. The van der Waals surface area contributed by atoms with Crippen LogP contribution in [0.3, 0.4) is 0 Å². The van der Waals surface area contributed by atoms with Crippen molar-refractivity contribution < 1.29 is 32.2 Å². The van der Waals surface area contributed by atoms with Crippen LogP contribution in [0, 0.1) is 0 Å². The third-order valence-corrected chi connectivity index (χ3v) is 6.83. The quantitative estimate of drug-likeness (QED) is 0.334. The molecule has 0 N–H and O–H groups in total. The summed E-state index contributed by atoms with van der Waals surface area (Å²) in [6.45, 7) is 2.44. The summed E-state index contributed by atoms with van der Waals surface area (Å²) < 4.78 is 42.8. The zero-order valence-electron chi connectivity index (χ0n) is 16.9. The van der Waals surface area contributed by atoms with E-state index in [4.69, 9.17) is 25.8 Å². The largest absolute Gasteiger partial charge is 0.489 e. The molecule has 2 aromatic carbocycles. The number of halogens is 1. The molecule has 0 spiro atoms. The van der Waals surface area contributed by atoms with E-state index >= 15 is 0 Å². The lowest BCUT2D eigenvalue weighted by Gasteiger charge is -2.26. The molecule has 1 aliphatic heterocycles. The number of hydrogen-bond acceptors (Lipinski definition) is 7. The van der Waals surface area contributed by atoms with E-state index in [0.29, 0.717) is 24.5 Å². The highest BCUT2D eigenvalue weighted by Crippen LogP contribution is 2.24. The van der Waals surface area contributed by atoms with Crippen LogP contribution in [0.5, 0.6) is 5.75 Å². The molecule has 0 atom stereocenters. The second-order valence-electron chi connectivity index (χ2n) is 6.69. The van der Waals surface area contributed by atoms with Crippen molar-refractivity contribution in [1.29, 1.82) is 0 Å². The SMILES string of the molecule is CC(=O)c1ccccc1OCCOC(=O)c1cc(S(=O)(=O)N2CCOCC2)ccc1Cl. The van der Waals surface area contributed by atoms with Gasteiger partial charge in [-0.05, 0) is 37.3 Å². The standard InChI is InChI=1S/C21H22ClNO7S/c1-15(24)17-4-2-3-5-20(17)29-12-13-30-21(25)18-14-16(6-7-19(18)22)31(26,27)23-8-10-28-11-9-23/h2-7,14H,8-13H2,1H3. The molecule has 10 heteroatoms. The number of rotatable bonds is 8. The van der Waals surface area contributed by atoms with Gasteiger partial charge < -0.3 is 14.2 Å². The van der Waals surface area contributed by atoms with E-state index in [0.717, 1.165) is 0 Å². The fraction of sp³-hybridized carbons (Fsp3) is 0.333. The molecule has 3 rings (SSSR count). The maximum absolute atomic E-state index is 12.8. The average molecular weight is 468 g/mol. The molecular weight excluding hydrogens is 446 g/mol. The minimum atomic E-state index is -3.78. The van der Waals surface area contributed by atoms with Crippen molar-refractivity contribution in [1.82, 2.24) is 4.31 Å². The van der Waals surface area contributed by atoms with Crippen LogP contribution in [0.15, 0.2) is 47.4 Å². The third-order valence-electron chi connectivity index (χ3n) is 4.61. The van der Waals surface area contributed by atoms with Crippen molar-refractivity contribution in [3.05, 3.63) is 58.6 Å². The number of esters is 1. The Morgan fingerprint density at radius 3 is 2.48 bits per heavy atom. The van der Waals surface area contributed by atoms with Crippen LogP contribution >= 0.6 is 11.6 Å². The van der Waals surface area contributed by atoms with E-state index in [-0.39, 0.29) is 47.6 Å². The van der Waals surface area contributed by atoms with Gasteiger partial charge in [-0.1, -0.05) is 23.7 Å². The van der Waals surface area contributed by atoms with Crippen LogP contribution in [0.25, 0.3) is 0 Å². The summed E-state index contributed by atoms with van der Waals surface area (Å²) in [4.78, 5) is 24.0. The van der Waals surface area contributed by atoms with Gasteiger partial charge in [0.15, 0.2) is 5.78 Å². The van der Waals surface area contributed by atoms with E-state index in [1.165, 1.54) is 29.4 Å². The average Bonchev–Trinajstić information content (AvgIpc) is 2.77. The Morgan fingerprint density at radius 1 is 1.06 bits per heavy atom. The van der Waals surface area contributed by atoms with Gasteiger partial charge >= 0.3 is 5.97 Å². The first-order chi connectivity index (χ1) is 14.8. The van der Waals surface area contributed by atoms with Gasteiger partial charge in [0.2, 0.25) is 10.0 Å². The Bertz CT molecular complexity index is 1070. The lowest BCUT2D eigenvalue weighted by molar-refractivity contribution is 0.0449. The van der Waals surface area contributed by atoms with Gasteiger partial charge in [-0.15, -0.1) is 0 Å². The Hall–Kier alpha value is -2.46. The first kappa shape index (κ1) is 23.2. The normalized spacial score (nSPS) is 14.8. The van der Waals surface area contributed by atoms with Gasteiger partial charge in [-0.3, -0.25) is 4.79 Å². The number of para-hydroxylation sites is 1. The fourth-order valence-electron chi connectivity index (χ4n) is 3.00. The van der Waals surface area contributed by atoms with Crippen molar-refractivity contribution in [3.8, 4) is 5.75 Å². The van der Waals surface area contributed by atoms with E-state index in [1.54, 1.807) is 24.3 Å². The van der Waals surface area contributed by atoms with E-state index in [2.05, 4.69) is 0 Å². The molecule has 0 unspecified atom stereocenters. The maximum Gasteiger partial charge on any atom is 0.339 e. The molecule has 0 bridgehead atoms. The highest BCUT2D eigenvalue weighted by molar-refractivity contribution is 7.89. The molecule has 2 aromatic rings. The molecule has 0 saturated carbocycles. The van der Waals surface area contributed by atoms with Gasteiger partial charge in [-0.2, -0.15) is 4.31 Å². The molecule has 1 fully saturated rings. The Balaban J connectivity index is 1.64. The smallest absolute Gasteiger partial charge is 0.339 e. The molecule has 8 nitrogen and oxygen atoms in total. The molecule has 0 amide bonds. The molecule has 0 aromatic heterocycles. The number of nitrogens with zero attached hydrogens (tertiary/aromatic N) is 1. The van der Waals surface area contributed by atoms with Gasteiger partial charge in [0.1, 0.15) is 19.0 Å². The maximum atomic E-state index is 12.8. The second kappa shape index (κ2) is 10.2. The fourth-order valence-corrected chi connectivity index (χ4v) is 4.63. The molecule has 1 saturated heterocycles. The molecular formula is C21H22ClNO7S. The van der Waals surface area contributed by atoms with Crippen LogP contribution in [-0.2, 0) is 19.5 Å². The van der Waals surface area contributed by atoms with Crippen LogP contribution in [0.4, 0.5) is 0 Å². The highest BCUT2D eigenvalue weighted by Gasteiger charge is 2.28. The lowest BCUT2D eigenvalue weighted by Crippen LogP contribution is -2.40. The minimum absolute atomic E-state index is 0.0133. The number of ether oxygens (including phenoxy) is 3. The van der Waals surface area contributed by atoms with Crippen molar-refractivity contribution in [2.75, 3.05) is 39.5 Å².